The van der Waals surface area contributed by atoms with E-state index in [-0.39, 0.29) is 25.7 Å². The molecule has 0 amide bonds. The molecular weight excluding hydrogens is 1330 g/mol. The minimum absolute atomic E-state index is 0.0844. The van der Waals surface area contributed by atoms with Crippen molar-refractivity contribution >= 4 is 39.5 Å². The first-order valence-electron chi connectivity index (χ1n) is 42.5. The van der Waals surface area contributed by atoms with Gasteiger partial charge >= 0.3 is 39.5 Å². The Morgan fingerprint density at radius 2 is 0.529 bits per heavy atom. The monoisotopic (exact) mass is 1490 g/mol. The number of hydrogen-bond acceptors (Lipinski definition) is 15. The Bertz CT molecular complexity index is 2040. The molecule has 0 aliphatic rings. The van der Waals surface area contributed by atoms with Crippen molar-refractivity contribution in [1.29, 1.82) is 0 Å². The Labute approximate surface area is 624 Å². The lowest BCUT2D eigenvalue weighted by Gasteiger charge is -2.21. The average molecular weight is 1490 g/mol. The fourth-order valence-corrected chi connectivity index (χ4v) is 14.0. The van der Waals surface area contributed by atoms with Gasteiger partial charge in [-0.1, -0.05) is 367 Å². The predicted octanol–water partition coefficient (Wildman–Crippen LogP) is 24.8. The molecule has 0 rings (SSSR count). The summed E-state index contributed by atoms with van der Waals surface area (Å²) in [6.07, 6.45) is 70.5. The largest absolute Gasteiger partial charge is 0.472 e. The van der Waals surface area contributed by atoms with E-state index in [2.05, 4.69) is 58.9 Å². The second-order valence-corrected chi connectivity index (χ2v) is 32.6. The molecule has 2 unspecified atom stereocenters. The first kappa shape index (κ1) is 99.5. The lowest BCUT2D eigenvalue weighted by atomic mass is 10.0. The highest BCUT2D eigenvalue weighted by atomic mass is 31.2. The Morgan fingerprint density at radius 3 is 0.804 bits per heavy atom. The first-order valence-corrected chi connectivity index (χ1v) is 45.4. The number of esters is 4. The van der Waals surface area contributed by atoms with Gasteiger partial charge in [-0.05, 0) is 57.3 Å². The van der Waals surface area contributed by atoms with Gasteiger partial charge in [0.15, 0.2) is 12.2 Å². The standard InChI is InChI=1S/C83H158O17P2/c1-6-9-12-15-18-21-24-27-30-32-34-36-39-41-44-47-50-56-61-66-80(85)93-72-78(99-82(87)68-64-59-52-49-46-43-40-37-35-33-31-28-25-22-19-16-13-10-7-2)74-97-101(89,90)95-70-77(84)71-96-102(91,92)98-75-79(73-94-81(86)67-62-57-54-53-55-60-65-76(4)5)100-83(88)69-63-58-51-48-45-42-38-29-26-23-20-17-14-11-8-3/h23,26,29,38,76-79,84H,6-22,24-25,27-28,30-37,39-75H2,1-5H3,(H,89,90)(H,91,92)/b26-23-,38-29-/t77-,78-,79-/m1/s1. The molecule has 0 spiro atoms. The summed E-state index contributed by atoms with van der Waals surface area (Å²) in [6.45, 7) is 7.19. The highest BCUT2D eigenvalue weighted by molar-refractivity contribution is 7.47. The molecule has 0 fully saturated rings. The number of allylic oxidation sites excluding steroid dienone is 4. The minimum atomic E-state index is -4.97. The van der Waals surface area contributed by atoms with Crippen LogP contribution < -0.4 is 0 Å². The van der Waals surface area contributed by atoms with Gasteiger partial charge in [-0.3, -0.25) is 37.3 Å². The van der Waals surface area contributed by atoms with Crippen LogP contribution in [0.3, 0.4) is 0 Å². The van der Waals surface area contributed by atoms with E-state index < -0.39 is 97.5 Å². The highest BCUT2D eigenvalue weighted by Gasteiger charge is 2.30. The molecule has 0 bridgehead atoms. The quantitative estimate of drug-likeness (QED) is 0.0169. The molecule has 0 aromatic heterocycles. The molecule has 19 heteroatoms. The summed E-state index contributed by atoms with van der Waals surface area (Å²) in [5, 5.41) is 10.6. The van der Waals surface area contributed by atoms with Crippen LogP contribution >= 0.6 is 15.6 Å². The van der Waals surface area contributed by atoms with E-state index in [4.69, 9.17) is 37.0 Å². The van der Waals surface area contributed by atoms with E-state index >= 15 is 0 Å². The SMILES string of the molecule is CCCCCC/C=C\C=C/CCCCCCCC(=O)O[C@H](COC(=O)CCCCCCCCC(C)C)COP(=O)(O)OC[C@H](O)COP(=O)(O)OC[C@@H](COC(=O)CCCCCCCCCCCCCCCCCCCCC)OC(=O)CCCCCCCCCCCCCCCCCCCCC. The Hall–Kier alpha value is -2.46. The Morgan fingerprint density at radius 1 is 0.304 bits per heavy atom. The van der Waals surface area contributed by atoms with Gasteiger partial charge in [0, 0.05) is 25.7 Å². The van der Waals surface area contributed by atoms with Gasteiger partial charge in [-0.15, -0.1) is 0 Å². The topological polar surface area (TPSA) is 237 Å². The molecule has 0 aromatic carbocycles. The second kappa shape index (κ2) is 75.4. The van der Waals surface area contributed by atoms with E-state index in [1.807, 2.05) is 0 Å². The van der Waals surface area contributed by atoms with Gasteiger partial charge in [0.2, 0.25) is 0 Å². The van der Waals surface area contributed by atoms with E-state index in [0.29, 0.717) is 31.6 Å². The van der Waals surface area contributed by atoms with Crippen LogP contribution in [0, 0.1) is 5.92 Å². The summed E-state index contributed by atoms with van der Waals surface area (Å²) in [5.74, 6) is -1.46. The number of ether oxygens (including phenoxy) is 4. The van der Waals surface area contributed by atoms with E-state index in [1.165, 1.54) is 225 Å². The normalized spacial score (nSPS) is 14.0. The van der Waals surface area contributed by atoms with E-state index in [0.717, 1.165) is 109 Å². The minimum Gasteiger partial charge on any atom is -0.462 e. The predicted molar refractivity (Wildman–Crippen MR) is 418 cm³/mol. The van der Waals surface area contributed by atoms with Crippen molar-refractivity contribution in [2.45, 2.75) is 438 Å². The zero-order chi connectivity index (χ0) is 74.8. The van der Waals surface area contributed by atoms with Gasteiger partial charge in [0.1, 0.15) is 19.3 Å². The summed E-state index contributed by atoms with van der Waals surface area (Å²) < 4.78 is 68.7. The van der Waals surface area contributed by atoms with E-state index in [1.54, 1.807) is 0 Å². The zero-order valence-corrected chi connectivity index (χ0v) is 68.0. The van der Waals surface area contributed by atoms with Crippen LogP contribution in [0.1, 0.15) is 420 Å². The van der Waals surface area contributed by atoms with E-state index in [9.17, 15) is 43.2 Å². The highest BCUT2D eigenvalue weighted by Crippen LogP contribution is 2.45. The second-order valence-electron chi connectivity index (χ2n) is 29.7. The summed E-state index contributed by atoms with van der Waals surface area (Å²) in [5.41, 5.74) is 0. The molecule has 0 aliphatic carbocycles. The van der Waals surface area contributed by atoms with Gasteiger partial charge in [0.05, 0.1) is 26.4 Å². The smallest absolute Gasteiger partial charge is 0.462 e. The summed E-state index contributed by atoms with van der Waals surface area (Å²) >= 11 is 0. The number of aliphatic hydroxyl groups is 1. The van der Waals surface area contributed by atoms with Crippen molar-refractivity contribution in [2.24, 2.45) is 5.92 Å². The van der Waals surface area contributed by atoms with Crippen molar-refractivity contribution in [3.8, 4) is 0 Å². The number of phosphoric ester groups is 2. The van der Waals surface area contributed by atoms with Crippen molar-refractivity contribution in [3.63, 3.8) is 0 Å². The summed E-state index contributed by atoms with van der Waals surface area (Å²) in [7, 11) is -9.93. The third-order valence-corrected chi connectivity index (χ3v) is 20.8. The number of carbonyl (C=O) groups excluding carboxylic acids is 4. The average Bonchev–Trinajstić information content (AvgIpc) is 0.911. The zero-order valence-electron chi connectivity index (χ0n) is 66.2. The molecule has 5 atom stereocenters. The molecular formula is C83H158O17P2. The van der Waals surface area contributed by atoms with Crippen LogP contribution in [0.5, 0.6) is 0 Å². The molecule has 0 aromatic rings. The summed E-state index contributed by atoms with van der Waals surface area (Å²) in [6, 6.07) is 0. The maximum Gasteiger partial charge on any atom is 0.472 e. The van der Waals surface area contributed by atoms with Gasteiger partial charge in [-0.25, -0.2) is 9.13 Å². The Balaban J connectivity index is 5.24. The molecule has 0 radical (unpaired) electrons. The van der Waals surface area contributed by atoms with Crippen LogP contribution in [0.15, 0.2) is 24.3 Å². The molecule has 0 saturated heterocycles. The van der Waals surface area contributed by atoms with Crippen LogP contribution in [0.4, 0.5) is 0 Å². The lowest BCUT2D eigenvalue weighted by Crippen LogP contribution is -2.30. The lowest BCUT2D eigenvalue weighted by molar-refractivity contribution is -0.161. The Kier molecular flexibility index (Phi) is 73.5. The third-order valence-electron chi connectivity index (χ3n) is 18.9. The molecule has 0 aliphatic heterocycles. The third kappa shape index (κ3) is 75.8. The fourth-order valence-electron chi connectivity index (χ4n) is 12.4. The first-order chi connectivity index (χ1) is 49.5. The number of hydrogen-bond donors (Lipinski definition) is 3. The maximum atomic E-state index is 13.1. The molecule has 3 N–H and O–H groups in total. The number of phosphoric acid groups is 2. The van der Waals surface area contributed by atoms with Crippen LogP contribution in [-0.4, -0.2) is 96.7 Å². The van der Waals surface area contributed by atoms with Crippen molar-refractivity contribution < 1.29 is 80.2 Å². The molecule has 0 heterocycles. The number of unbranched alkanes of at least 4 members (excludes halogenated alkanes) is 50. The van der Waals surface area contributed by atoms with Crippen molar-refractivity contribution in [1.82, 2.24) is 0 Å². The molecule has 602 valence electrons. The molecule has 102 heavy (non-hydrogen) atoms. The van der Waals surface area contributed by atoms with Crippen LogP contribution in [0.25, 0.3) is 0 Å². The van der Waals surface area contributed by atoms with Gasteiger partial charge in [-0.2, -0.15) is 0 Å². The van der Waals surface area contributed by atoms with Gasteiger partial charge < -0.3 is 33.8 Å². The molecule has 17 nitrogen and oxygen atoms in total. The van der Waals surface area contributed by atoms with Gasteiger partial charge in [0.25, 0.3) is 0 Å². The number of rotatable bonds is 81. The maximum absolute atomic E-state index is 13.1. The summed E-state index contributed by atoms with van der Waals surface area (Å²) in [4.78, 5) is 73.0. The van der Waals surface area contributed by atoms with Crippen LogP contribution in [-0.2, 0) is 65.4 Å². The number of carbonyl (C=O) groups is 4. The fraction of sp³-hybridized carbons (Fsp3) is 0.904. The molecule has 0 saturated carbocycles. The van der Waals surface area contributed by atoms with Crippen molar-refractivity contribution in [3.05, 3.63) is 24.3 Å². The number of aliphatic hydroxyl groups excluding tert-OH is 1. The van der Waals surface area contributed by atoms with Crippen LogP contribution in [0.2, 0.25) is 0 Å². The van der Waals surface area contributed by atoms with Crippen molar-refractivity contribution in [2.75, 3.05) is 39.6 Å².